The zero-order chi connectivity index (χ0) is 17.8. The minimum absolute atomic E-state index is 0.0124. The molecule has 0 aromatic carbocycles. The molecule has 136 valence electrons. The number of likely N-dealkylation sites (tertiary alicyclic amines) is 1. The standard InChI is InChI=1S/C20H22N2O3S/c23-19(8-7-17-5-3-12-26-17)22-11-4-9-20(15-22)13-16(14-24-20)25-18-6-1-2-10-21-18/h1-3,5-8,10,12,16H,4,9,11,13-15H2/b8-7+/t16-,20-/m1/s1. The molecule has 1 amide bonds. The van der Waals surface area contributed by atoms with Gasteiger partial charge >= 0.3 is 0 Å². The maximum Gasteiger partial charge on any atom is 0.246 e. The zero-order valence-corrected chi connectivity index (χ0v) is 15.4. The Morgan fingerprint density at radius 3 is 3.15 bits per heavy atom. The fourth-order valence-corrected chi connectivity index (χ4v) is 4.30. The maximum atomic E-state index is 12.6. The van der Waals surface area contributed by atoms with Gasteiger partial charge in [0.2, 0.25) is 11.8 Å². The summed E-state index contributed by atoms with van der Waals surface area (Å²) in [6.45, 7) is 1.96. The second-order valence-corrected chi connectivity index (χ2v) is 7.80. The van der Waals surface area contributed by atoms with E-state index in [1.807, 2.05) is 46.7 Å². The van der Waals surface area contributed by atoms with Crippen LogP contribution in [0.4, 0.5) is 0 Å². The van der Waals surface area contributed by atoms with E-state index < -0.39 is 0 Å². The molecule has 2 atom stereocenters. The van der Waals surface area contributed by atoms with Crippen molar-refractivity contribution in [3.63, 3.8) is 0 Å². The van der Waals surface area contributed by atoms with Crippen LogP contribution in [0.2, 0.25) is 0 Å². The van der Waals surface area contributed by atoms with Crippen LogP contribution in [0.25, 0.3) is 6.08 Å². The van der Waals surface area contributed by atoms with Crippen molar-refractivity contribution in [2.75, 3.05) is 19.7 Å². The number of amides is 1. The number of rotatable bonds is 4. The molecule has 2 aromatic rings. The number of hydrogen-bond donors (Lipinski definition) is 0. The van der Waals surface area contributed by atoms with Gasteiger partial charge in [-0.1, -0.05) is 12.1 Å². The highest BCUT2D eigenvalue weighted by Crippen LogP contribution is 2.36. The van der Waals surface area contributed by atoms with Crippen molar-refractivity contribution < 1.29 is 14.3 Å². The zero-order valence-electron chi connectivity index (χ0n) is 14.5. The number of thiophene rings is 1. The molecule has 2 aliphatic heterocycles. The van der Waals surface area contributed by atoms with E-state index in [2.05, 4.69) is 4.98 Å². The van der Waals surface area contributed by atoms with Crippen LogP contribution in [-0.2, 0) is 9.53 Å². The first kappa shape index (κ1) is 17.2. The second kappa shape index (κ2) is 7.60. The van der Waals surface area contributed by atoms with Crippen LogP contribution in [0.5, 0.6) is 5.88 Å². The minimum Gasteiger partial charge on any atom is -0.472 e. The number of pyridine rings is 1. The van der Waals surface area contributed by atoms with Crippen molar-refractivity contribution in [1.82, 2.24) is 9.88 Å². The average Bonchev–Trinajstić information content (AvgIpc) is 3.31. The molecule has 5 nitrogen and oxygen atoms in total. The fourth-order valence-electron chi connectivity index (χ4n) is 3.68. The quantitative estimate of drug-likeness (QED) is 0.774. The molecule has 0 bridgehead atoms. The van der Waals surface area contributed by atoms with Crippen molar-refractivity contribution in [2.24, 2.45) is 0 Å². The molecule has 0 N–H and O–H groups in total. The molecule has 0 radical (unpaired) electrons. The van der Waals surface area contributed by atoms with Crippen molar-refractivity contribution in [3.05, 3.63) is 52.9 Å². The topological polar surface area (TPSA) is 51.7 Å². The molecule has 0 unspecified atom stereocenters. The van der Waals surface area contributed by atoms with Gasteiger partial charge in [0.25, 0.3) is 0 Å². The van der Waals surface area contributed by atoms with E-state index in [9.17, 15) is 4.79 Å². The maximum absolute atomic E-state index is 12.6. The van der Waals surface area contributed by atoms with Crippen molar-refractivity contribution in [3.8, 4) is 5.88 Å². The molecule has 2 aliphatic rings. The summed E-state index contributed by atoms with van der Waals surface area (Å²) in [6, 6.07) is 9.63. The Hall–Kier alpha value is -2.18. The monoisotopic (exact) mass is 370 g/mol. The third kappa shape index (κ3) is 3.97. The van der Waals surface area contributed by atoms with Gasteiger partial charge < -0.3 is 14.4 Å². The first-order valence-electron chi connectivity index (χ1n) is 8.95. The van der Waals surface area contributed by atoms with Crippen LogP contribution in [0.15, 0.2) is 48.0 Å². The Balaban J connectivity index is 1.36. The number of aromatic nitrogens is 1. The summed E-state index contributed by atoms with van der Waals surface area (Å²) in [4.78, 5) is 19.8. The van der Waals surface area contributed by atoms with Crippen LogP contribution >= 0.6 is 11.3 Å². The molecule has 0 aliphatic carbocycles. The third-order valence-electron chi connectivity index (χ3n) is 4.88. The molecule has 4 rings (SSSR count). The predicted molar refractivity (Wildman–Crippen MR) is 101 cm³/mol. The predicted octanol–water partition coefficient (Wildman–Crippen LogP) is 3.39. The lowest BCUT2D eigenvalue weighted by atomic mass is 9.89. The van der Waals surface area contributed by atoms with E-state index in [1.165, 1.54) is 0 Å². The third-order valence-corrected chi connectivity index (χ3v) is 5.72. The Morgan fingerprint density at radius 2 is 2.35 bits per heavy atom. The van der Waals surface area contributed by atoms with Crippen molar-refractivity contribution in [2.45, 2.75) is 31.0 Å². The van der Waals surface area contributed by atoms with Gasteiger partial charge in [0.15, 0.2) is 0 Å². The second-order valence-electron chi connectivity index (χ2n) is 6.82. The summed E-state index contributed by atoms with van der Waals surface area (Å²) in [7, 11) is 0. The summed E-state index contributed by atoms with van der Waals surface area (Å²) < 4.78 is 12.1. The molecular weight excluding hydrogens is 348 g/mol. The van der Waals surface area contributed by atoms with Crippen LogP contribution in [0.3, 0.4) is 0 Å². The molecule has 2 aromatic heterocycles. The van der Waals surface area contributed by atoms with Gasteiger partial charge in [-0.2, -0.15) is 0 Å². The molecular formula is C20H22N2O3S. The molecule has 6 heteroatoms. The number of nitrogens with zero attached hydrogens (tertiary/aromatic N) is 2. The van der Waals surface area contributed by atoms with Crippen molar-refractivity contribution >= 4 is 23.3 Å². The van der Waals surface area contributed by atoms with E-state index in [4.69, 9.17) is 9.47 Å². The number of hydrogen-bond acceptors (Lipinski definition) is 5. The average molecular weight is 370 g/mol. The van der Waals surface area contributed by atoms with Crippen molar-refractivity contribution in [1.29, 1.82) is 0 Å². The van der Waals surface area contributed by atoms with Gasteiger partial charge in [-0.25, -0.2) is 4.98 Å². The van der Waals surface area contributed by atoms with Gasteiger partial charge in [0.05, 0.1) is 18.8 Å². The van der Waals surface area contributed by atoms with Crippen LogP contribution in [0, 0.1) is 0 Å². The molecule has 2 saturated heterocycles. The number of piperidine rings is 1. The largest absolute Gasteiger partial charge is 0.472 e. The van der Waals surface area contributed by atoms with E-state index in [0.717, 1.165) is 30.7 Å². The highest BCUT2D eigenvalue weighted by Gasteiger charge is 2.45. The molecule has 2 fully saturated rings. The van der Waals surface area contributed by atoms with Gasteiger partial charge in [-0.15, -0.1) is 11.3 Å². The summed E-state index contributed by atoms with van der Waals surface area (Å²) in [6.07, 6.45) is 7.98. The summed E-state index contributed by atoms with van der Waals surface area (Å²) >= 11 is 1.63. The summed E-state index contributed by atoms with van der Waals surface area (Å²) in [5.41, 5.74) is -0.288. The van der Waals surface area contributed by atoms with Crippen LogP contribution in [-0.4, -0.2) is 47.2 Å². The van der Waals surface area contributed by atoms with Gasteiger partial charge in [-0.3, -0.25) is 4.79 Å². The number of carbonyl (C=O) groups is 1. The van der Waals surface area contributed by atoms with E-state index >= 15 is 0 Å². The normalized spacial score (nSPS) is 25.8. The lowest BCUT2D eigenvalue weighted by molar-refractivity contribution is -0.133. The number of ether oxygens (including phenoxy) is 2. The van der Waals surface area contributed by atoms with E-state index in [-0.39, 0.29) is 17.6 Å². The fraction of sp³-hybridized carbons (Fsp3) is 0.400. The minimum atomic E-state index is -0.288. The van der Waals surface area contributed by atoms with Crippen LogP contribution < -0.4 is 4.74 Å². The van der Waals surface area contributed by atoms with Gasteiger partial charge in [0, 0.05) is 36.2 Å². The Labute approximate surface area is 157 Å². The molecule has 1 spiro atoms. The highest BCUT2D eigenvalue weighted by atomic mass is 32.1. The lowest BCUT2D eigenvalue weighted by Crippen LogP contribution is -2.49. The SMILES string of the molecule is O=C(/C=C/c1cccs1)N1CCC[C@@]2(C[C@@H](Oc3ccccn3)CO2)C1. The highest BCUT2D eigenvalue weighted by molar-refractivity contribution is 7.10. The first-order chi connectivity index (χ1) is 12.7. The van der Waals surface area contributed by atoms with Gasteiger partial charge in [-0.05, 0) is 36.4 Å². The Kier molecular flexibility index (Phi) is 5.04. The number of carbonyl (C=O) groups excluding carboxylic acids is 1. The summed E-state index contributed by atoms with van der Waals surface area (Å²) in [5, 5.41) is 2.01. The Morgan fingerprint density at radius 1 is 1.38 bits per heavy atom. The Bertz CT molecular complexity index is 763. The molecule has 4 heterocycles. The lowest BCUT2D eigenvalue weighted by Gasteiger charge is -2.39. The molecule has 0 saturated carbocycles. The van der Waals surface area contributed by atoms with E-state index in [1.54, 1.807) is 23.6 Å². The first-order valence-corrected chi connectivity index (χ1v) is 9.83. The van der Waals surface area contributed by atoms with E-state index in [0.29, 0.717) is 19.0 Å². The summed E-state index contributed by atoms with van der Waals surface area (Å²) in [5.74, 6) is 0.677. The van der Waals surface area contributed by atoms with Gasteiger partial charge in [0.1, 0.15) is 6.10 Å². The smallest absolute Gasteiger partial charge is 0.246 e. The molecule has 26 heavy (non-hydrogen) atoms. The van der Waals surface area contributed by atoms with Crippen LogP contribution in [0.1, 0.15) is 24.1 Å².